The Kier molecular flexibility index (Phi) is 3.65. The fourth-order valence-corrected chi connectivity index (χ4v) is 2.60. The Morgan fingerprint density at radius 2 is 2.12 bits per heavy atom. The molecular weight excluding hydrogens is 202 g/mol. The third kappa shape index (κ3) is 2.65. The summed E-state index contributed by atoms with van der Waals surface area (Å²) in [5.41, 5.74) is 0.413. The van der Waals surface area contributed by atoms with Crippen LogP contribution in [-0.4, -0.2) is 15.6 Å². The molecule has 1 N–H and O–H groups in total. The molecule has 16 heavy (non-hydrogen) atoms. The van der Waals surface area contributed by atoms with Gasteiger partial charge in [-0.2, -0.15) is 0 Å². The monoisotopic (exact) mass is 221 g/mol. The zero-order chi connectivity index (χ0) is 11.4. The minimum Gasteiger partial charge on any atom is -0.477 e. The van der Waals surface area contributed by atoms with Gasteiger partial charge in [-0.25, -0.2) is 4.79 Å². The summed E-state index contributed by atoms with van der Waals surface area (Å²) >= 11 is 0. The van der Waals surface area contributed by atoms with Gasteiger partial charge in [-0.15, -0.1) is 0 Å². The molecule has 1 heterocycles. The van der Waals surface area contributed by atoms with E-state index in [1.807, 2.05) is 16.8 Å². The van der Waals surface area contributed by atoms with Crippen molar-refractivity contribution in [1.82, 2.24) is 4.57 Å². The first-order valence-corrected chi connectivity index (χ1v) is 6.16. The number of carbonyl (C=O) groups is 1. The van der Waals surface area contributed by atoms with Gasteiger partial charge in [-0.1, -0.05) is 32.1 Å². The summed E-state index contributed by atoms with van der Waals surface area (Å²) in [5, 5.41) is 8.97. The first kappa shape index (κ1) is 11.2. The van der Waals surface area contributed by atoms with Crippen molar-refractivity contribution in [2.45, 2.75) is 45.1 Å². The van der Waals surface area contributed by atoms with E-state index < -0.39 is 5.97 Å². The minimum atomic E-state index is -0.825. The van der Waals surface area contributed by atoms with Gasteiger partial charge in [0.25, 0.3) is 0 Å². The van der Waals surface area contributed by atoms with Gasteiger partial charge in [-0.3, -0.25) is 0 Å². The van der Waals surface area contributed by atoms with Crippen molar-refractivity contribution < 1.29 is 9.90 Å². The molecule has 1 saturated carbocycles. The van der Waals surface area contributed by atoms with E-state index in [9.17, 15) is 4.79 Å². The molecule has 0 aromatic carbocycles. The molecule has 88 valence electrons. The fourth-order valence-electron chi connectivity index (χ4n) is 2.60. The van der Waals surface area contributed by atoms with Crippen LogP contribution in [0, 0.1) is 5.92 Å². The zero-order valence-electron chi connectivity index (χ0n) is 9.56. The first-order valence-electron chi connectivity index (χ1n) is 6.16. The van der Waals surface area contributed by atoms with Crippen LogP contribution in [0.15, 0.2) is 18.3 Å². The average Bonchev–Trinajstić information content (AvgIpc) is 2.76. The number of carboxylic acid groups (broad SMARTS) is 1. The quantitative estimate of drug-likeness (QED) is 0.848. The van der Waals surface area contributed by atoms with E-state index in [2.05, 4.69) is 0 Å². The number of nitrogens with zero attached hydrogens (tertiary/aromatic N) is 1. The zero-order valence-corrected chi connectivity index (χ0v) is 9.56. The third-order valence-electron chi connectivity index (χ3n) is 3.55. The summed E-state index contributed by atoms with van der Waals surface area (Å²) in [6.07, 6.45) is 9.71. The summed E-state index contributed by atoms with van der Waals surface area (Å²) in [6, 6.07) is 3.48. The van der Waals surface area contributed by atoms with Crippen molar-refractivity contribution in [3.05, 3.63) is 24.0 Å². The molecule has 2 rings (SSSR count). The third-order valence-corrected chi connectivity index (χ3v) is 3.55. The molecule has 1 aliphatic carbocycles. The van der Waals surface area contributed by atoms with Gasteiger partial charge in [0.2, 0.25) is 0 Å². The SMILES string of the molecule is O=C(O)c1cccn1CCC1CCCCC1. The van der Waals surface area contributed by atoms with E-state index >= 15 is 0 Å². The molecule has 1 aliphatic rings. The summed E-state index contributed by atoms with van der Waals surface area (Å²) in [5.74, 6) is -0.0218. The molecular formula is C13H19NO2. The lowest BCUT2D eigenvalue weighted by Gasteiger charge is -2.21. The maximum Gasteiger partial charge on any atom is 0.352 e. The van der Waals surface area contributed by atoms with Crippen LogP contribution in [0.5, 0.6) is 0 Å². The second-order valence-electron chi connectivity index (χ2n) is 4.68. The van der Waals surface area contributed by atoms with Gasteiger partial charge in [0.05, 0.1) is 0 Å². The van der Waals surface area contributed by atoms with Crippen LogP contribution in [0.3, 0.4) is 0 Å². The highest BCUT2D eigenvalue weighted by Crippen LogP contribution is 2.26. The predicted molar refractivity (Wildman–Crippen MR) is 62.6 cm³/mol. The van der Waals surface area contributed by atoms with Crippen molar-refractivity contribution in [3.63, 3.8) is 0 Å². The number of rotatable bonds is 4. The van der Waals surface area contributed by atoms with Crippen LogP contribution in [-0.2, 0) is 6.54 Å². The molecule has 3 heteroatoms. The topological polar surface area (TPSA) is 42.2 Å². The van der Waals surface area contributed by atoms with Crippen LogP contribution in [0.1, 0.15) is 49.0 Å². The number of aromatic carboxylic acids is 1. The number of hydrogen-bond acceptors (Lipinski definition) is 1. The van der Waals surface area contributed by atoms with Crippen LogP contribution in [0.4, 0.5) is 0 Å². The highest BCUT2D eigenvalue weighted by molar-refractivity contribution is 5.85. The second kappa shape index (κ2) is 5.19. The first-order chi connectivity index (χ1) is 7.77. The molecule has 0 aliphatic heterocycles. The van der Waals surface area contributed by atoms with Crippen molar-refractivity contribution in [3.8, 4) is 0 Å². The maximum atomic E-state index is 10.9. The molecule has 1 fully saturated rings. The standard InChI is InChI=1S/C13H19NO2/c15-13(16)12-7-4-9-14(12)10-8-11-5-2-1-3-6-11/h4,7,9,11H,1-3,5-6,8,10H2,(H,15,16). The Balaban J connectivity index is 1.88. The molecule has 1 aromatic heterocycles. The lowest BCUT2D eigenvalue weighted by molar-refractivity contribution is 0.0684. The van der Waals surface area contributed by atoms with Crippen LogP contribution >= 0.6 is 0 Å². The van der Waals surface area contributed by atoms with E-state index in [0.717, 1.165) is 18.9 Å². The lowest BCUT2D eigenvalue weighted by Crippen LogP contribution is -2.13. The van der Waals surface area contributed by atoms with Crippen LogP contribution < -0.4 is 0 Å². The van der Waals surface area contributed by atoms with E-state index in [1.54, 1.807) is 6.07 Å². The van der Waals surface area contributed by atoms with E-state index in [0.29, 0.717) is 5.69 Å². The Labute approximate surface area is 96.1 Å². The van der Waals surface area contributed by atoms with E-state index in [-0.39, 0.29) is 0 Å². The largest absolute Gasteiger partial charge is 0.477 e. The second-order valence-corrected chi connectivity index (χ2v) is 4.68. The summed E-state index contributed by atoms with van der Waals surface area (Å²) in [4.78, 5) is 10.9. The molecule has 0 unspecified atom stereocenters. The van der Waals surface area contributed by atoms with Gasteiger partial charge in [0.1, 0.15) is 5.69 Å². The molecule has 1 aromatic rings. The number of aryl methyl sites for hydroxylation is 1. The average molecular weight is 221 g/mol. The summed E-state index contributed by atoms with van der Waals surface area (Å²) in [6.45, 7) is 0.847. The van der Waals surface area contributed by atoms with E-state index in [4.69, 9.17) is 5.11 Å². The Morgan fingerprint density at radius 3 is 2.81 bits per heavy atom. The van der Waals surface area contributed by atoms with Gasteiger partial charge in [0.15, 0.2) is 0 Å². The van der Waals surface area contributed by atoms with Crippen LogP contribution in [0.2, 0.25) is 0 Å². The fraction of sp³-hybridized carbons (Fsp3) is 0.615. The normalized spacial score (nSPS) is 17.5. The number of aromatic nitrogens is 1. The van der Waals surface area contributed by atoms with Crippen molar-refractivity contribution in [2.24, 2.45) is 5.92 Å². The van der Waals surface area contributed by atoms with Gasteiger partial charge < -0.3 is 9.67 Å². The van der Waals surface area contributed by atoms with Crippen LogP contribution in [0.25, 0.3) is 0 Å². The molecule has 0 atom stereocenters. The Bertz CT molecular complexity index is 351. The maximum absolute atomic E-state index is 10.9. The van der Waals surface area contributed by atoms with Crippen molar-refractivity contribution in [1.29, 1.82) is 0 Å². The molecule has 0 spiro atoms. The summed E-state index contributed by atoms with van der Waals surface area (Å²) < 4.78 is 1.86. The Morgan fingerprint density at radius 1 is 1.38 bits per heavy atom. The summed E-state index contributed by atoms with van der Waals surface area (Å²) in [7, 11) is 0. The molecule has 3 nitrogen and oxygen atoms in total. The lowest BCUT2D eigenvalue weighted by atomic mass is 9.87. The molecule has 0 radical (unpaired) electrons. The smallest absolute Gasteiger partial charge is 0.352 e. The molecule has 0 amide bonds. The van der Waals surface area contributed by atoms with Crippen molar-refractivity contribution >= 4 is 5.97 Å². The van der Waals surface area contributed by atoms with E-state index in [1.165, 1.54) is 32.1 Å². The minimum absolute atomic E-state index is 0.413. The molecule has 0 saturated heterocycles. The Hall–Kier alpha value is -1.25. The van der Waals surface area contributed by atoms with Crippen molar-refractivity contribution in [2.75, 3.05) is 0 Å². The van der Waals surface area contributed by atoms with Gasteiger partial charge in [0, 0.05) is 12.7 Å². The van der Waals surface area contributed by atoms with Gasteiger partial charge in [-0.05, 0) is 24.5 Å². The highest BCUT2D eigenvalue weighted by Gasteiger charge is 2.14. The van der Waals surface area contributed by atoms with Gasteiger partial charge >= 0.3 is 5.97 Å². The highest BCUT2D eigenvalue weighted by atomic mass is 16.4. The predicted octanol–water partition coefficient (Wildman–Crippen LogP) is 3.16. The molecule has 0 bridgehead atoms. The number of carboxylic acids is 1. The number of hydrogen-bond donors (Lipinski definition) is 1.